The first-order valence-corrected chi connectivity index (χ1v) is 12.3. The Morgan fingerprint density at radius 2 is 1.41 bits per heavy atom. The Balaban J connectivity index is 1.54. The van der Waals surface area contributed by atoms with E-state index < -0.39 is 7.12 Å². The van der Waals surface area contributed by atoms with E-state index in [1.807, 2.05) is 18.2 Å². The molecule has 0 N–H and O–H groups in total. The molecule has 0 spiro atoms. The normalized spacial score (nSPS) is 17.0. The van der Waals surface area contributed by atoms with Gasteiger partial charge in [0, 0.05) is 21.2 Å². The third kappa shape index (κ3) is 3.45. The van der Waals surface area contributed by atoms with Gasteiger partial charge in [0.25, 0.3) is 0 Å². The minimum atomic E-state index is -0.418. The monoisotopic (exact) mass is 464 g/mol. The molecule has 0 atom stereocenters. The average Bonchev–Trinajstić information content (AvgIpc) is 3.32. The van der Waals surface area contributed by atoms with Crippen molar-refractivity contribution in [3.63, 3.8) is 0 Å². The standard InChI is InChI=1S/C28H25BN2O2S/c1-27(2)28(3,4)33-29(32-27)20-14-10-13-19(17-20)23-25-24(21-15-8-9-16-22(21)34-25)31-26(30-23)18-11-6-5-7-12-18/h5-17H,1-4H3. The molecule has 6 rings (SSSR count). The van der Waals surface area contributed by atoms with Crippen LogP contribution in [0.4, 0.5) is 0 Å². The second-order valence-corrected chi connectivity index (χ2v) is 10.8. The maximum absolute atomic E-state index is 6.32. The van der Waals surface area contributed by atoms with Crippen LogP contribution in [0.2, 0.25) is 0 Å². The van der Waals surface area contributed by atoms with Crippen molar-refractivity contribution in [1.82, 2.24) is 9.97 Å². The third-order valence-corrected chi connectivity index (χ3v) is 8.10. The molecule has 2 aromatic heterocycles. The molecule has 1 saturated heterocycles. The highest BCUT2D eigenvalue weighted by atomic mass is 32.1. The molecular formula is C28H25BN2O2S. The molecule has 0 aliphatic carbocycles. The van der Waals surface area contributed by atoms with Gasteiger partial charge in [-0.25, -0.2) is 9.97 Å². The molecule has 1 fully saturated rings. The van der Waals surface area contributed by atoms with Gasteiger partial charge in [0.05, 0.1) is 27.1 Å². The number of benzene rings is 3. The van der Waals surface area contributed by atoms with Crippen LogP contribution in [-0.2, 0) is 9.31 Å². The van der Waals surface area contributed by atoms with E-state index in [4.69, 9.17) is 19.3 Å². The van der Waals surface area contributed by atoms with Crippen molar-refractivity contribution in [2.45, 2.75) is 38.9 Å². The smallest absolute Gasteiger partial charge is 0.399 e. The van der Waals surface area contributed by atoms with Crippen LogP contribution < -0.4 is 5.46 Å². The van der Waals surface area contributed by atoms with Crippen molar-refractivity contribution in [3.05, 3.63) is 78.9 Å². The molecule has 0 amide bonds. The highest BCUT2D eigenvalue weighted by molar-refractivity contribution is 7.26. The van der Waals surface area contributed by atoms with Crippen molar-refractivity contribution < 1.29 is 9.31 Å². The molecule has 34 heavy (non-hydrogen) atoms. The number of rotatable bonds is 3. The van der Waals surface area contributed by atoms with Gasteiger partial charge >= 0.3 is 7.12 Å². The van der Waals surface area contributed by atoms with Crippen molar-refractivity contribution >= 4 is 44.2 Å². The Hall–Kier alpha value is -3.06. The Bertz CT molecular complexity index is 1510. The summed E-state index contributed by atoms with van der Waals surface area (Å²) < 4.78 is 14.9. The van der Waals surface area contributed by atoms with Crippen LogP contribution in [0.25, 0.3) is 42.9 Å². The first kappa shape index (κ1) is 21.5. The van der Waals surface area contributed by atoms with Crippen LogP contribution in [0.1, 0.15) is 27.7 Å². The fraction of sp³-hybridized carbons (Fsp3) is 0.214. The van der Waals surface area contributed by atoms with Crippen molar-refractivity contribution in [2.24, 2.45) is 0 Å². The van der Waals surface area contributed by atoms with E-state index in [0.29, 0.717) is 0 Å². The maximum Gasteiger partial charge on any atom is 0.494 e. The average molecular weight is 464 g/mol. The molecule has 1 aliphatic rings. The van der Waals surface area contributed by atoms with Crippen LogP contribution in [0.3, 0.4) is 0 Å². The molecule has 3 aromatic carbocycles. The van der Waals surface area contributed by atoms with E-state index in [9.17, 15) is 0 Å². The van der Waals surface area contributed by atoms with E-state index >= 15 is 0 Å². The SMILES string of the molecule is CC1(C)OB(c2cccc(-c3nc(-c4ccccc4)nc4c3sc3ccccc34)c2)OC1(C)C. The zero-order valence-corrected chi connectivity index (χ0v) is 20.5. The topological polar surface area (TPSA) is 44.2 Å². The first-order valence-electron chi connectivity index (χ1n) is 11.5. The molecule has 168 valence electrons. The van der Waals surface area contributed by atoms with Gasteiger partial charge in [0.15, 0.2) is 5.82 Å². The lowest BCUT2D eigenvalue weighted by atomic mass is 9.78. The summed E-state index contributed by atoms with van der Waals surface area (Å²) in [7, 11) is -0.418. The van der Waals surface area contributed by atoms with E-state index in [1.165, 1.54) is 4.70 Å². The first-order chi connectivity index (χ1) is 16.3. The number of fused-ring (bicyclic) bond motifs is 3. The van der Waals surface area contributed by atoms with E-state index in [2.05, 4.69) is 88.4 Å². The van der Waals surface area contributed by atoms with E-state index in [-0.39, 0.29) is 11.2 Å². The summed E-state index contributed by atoms with van der Waals surface area (Å²) in [5, 5.41) is 1.16. The molecule has 3 heterocycles. The van der Waals surface area contributed by atoms with Crippen molar-refractivity contribution in [2.75, 3.05) is 0 Å². The summed E-state index contributed by atoms with van der Waals surface area (Å²) in [6.45, 7) is 8.31. The predicted octanol–water partition coefficient (Wildman–Crippen LogP) is 6.48. The van der Waals surface area contributed by atoms with Gasteiger partial charge in [-0.05, 0) is 39.2 Å². The molecule has 0 saturated carbocycles. The lowest BCUT2D eigenvalue weighted by Gasteiger charge is -2.32. The zero-order chi connectivity index (χ0) is 23.5. The summed E-state index contributed by atoms with van der Waals surface area (Å²) in [5.74, 6) is 0.729. The lowest BCUT2D eigenvalue weighted by Crippen LogP contribution is -2.41. The number of aromatic nitrogens is 2. The van der Waals surface area contributed by atoms with Gasteiger partial charge in [-0.3, -0.25) is 0 Å². The predicted molar refractivity (Wildman–Crippen MR) is 142 cm³/mol. The van der Waals surface area contributed by atoms with Crippen LogP contribution in [0.5, 0.6) is 0 Å². The Kier molecular flexibility index (Phi) is 4.89. The summed E-state index contributed by atoms with van der Waals surface area (Å²) in [4.78, 5) is 10.1. The fourth-order valence-electron chi connectivity index (χ4n) is 4.31. The quantitative estimate of drug-likeness (QED) is 0.287. The van der Waals surface area contributed by atoms with Gasteiger partial charge in [-0.2, -0.15) is 0 Å². The van der Waals surface area contributed by atoms with Crippen LogP contribution in [-0.4, -0.2) is 28.3 Å². The summed E-state index contributed by atoms with van der Waals surface area (Å²) in [5.41, 5.74) is 4.18. The highest BCUT2D eigenvalue weighted by Crippen LogP contribution is 2.40. The molecule has 0 unspecified atom stereocenters. The Morgan fingerprint density at radius 1 is 0.735 bits per heavy atom. The molecular weight excluding hydrogens is 439 g/mol. The second kappa shape index (κ2) is 7.74. The molecule has 0 radical (unpaired) electrons. The van der Waals surface area contributed by atoms with E-state index in [1.54, 1.807) is 11.3 Å². The van der Waals surface area contributed by atoms with Crippen molar-refractivity contribution in [1.29, 1.82) is 0 Å². The Labute approximate surface area is 203 Å². The number of thiophene rings is 1. The zero-order valence-electron chi connectivity index (χ0n) is 19.7. The third-order valence-electron chi connectivity index (χ3n) is 6.94. The minimum absolute atomic E-state index is 0.387. The van der Waals surface area contributed by atoms with Gasteiger partial charge in [-0.1, -0.05) is 72.8 Å². The summed E-state index contributed by atoms with van der Waals surface area (Å²) >= 11 is 1.74. The largest absolute Gasteiger partial charge is 0.494 e. The molecule has 5 aromatic rings. The minimum Gasteiger partial charge on any atom is -0.399 e. The van der Waals surface area contributed by atoms with Gasteiger partial charge in [0.1, 0.15) is 0 Å². The number of nitrogens with zero attached hydrogens (tertiary/aromatic N) is 2. The molecule has 6 heteroatoms. The van der Waals surface area contributed by atoms with Crippen LogP contribution in [0, 0.1) is 0 Å². The maximum atomic E-state index is 6.32. The summed E-state index contributed by atoms with van der Waals surface area (Å²) in [6, 6.07) is 27.0. The Morgan fingerprint density at radius 3 is 2.18 bits per heavy atom. The van der Waals surface area contributed by atoms with Gasteiger partial charge in [-0.15, -0.1) is 11.3 Å². The lowest BCUT2D eigenvalue weighted by molar-refractivity contribution is 0.00578. The van der Waals surface area contributed by atoms with Gasteiger partial charge < -0.3 is 9.31 Å². The van der Waals surface area contributed by atoms with Crippen LogP contribution >= 0.6 is 11.3 Å². The van der Waals surface area contributed by atoms with Gasteiger partial charge in [0.2, 0.25) is 0 Å². The van der Waals surface area contributed by atoms with Crippen LogP contribution in [0.15, 0.2) is 78.9 Å². The molecule has 0 bridgehead atoms. The second-order valence-electron chi connectivity index (χ2n) is 9.75. The fourth-order valence-corrected chi connectivity index (χ4v) is 5.47. The summed E-state index contributed by atoms with van der Waals surface area (Å²) in [6.07, 6.45) is 0. The number of hydrogen-bond acceptors (Lipinski definition) is 5. The molecule has 4 nitrogen and oxygen atoms in total. The van der Waals surface area contributed by atoms with E-state index in [0.717, 1.165) is 43.7 Å². The highest BCUT2D eigenvalue weighted by Gasteiger charge is 2.51. The van der Waals surface area contributed by atoms with Crippen molar-refractivity contribution in [3.8, 4) is 22.6 Å². The molecule has 1 aliphatic heterocycles. The number of hydrogen-bond donors (Lipinski definition) is 0.